The third-order valence-electron chi connectivity index (χ3n) is 3.50. The molecule has 4 nitrogen and oxygen atoms in total. The molecule has 1 N–H and O–H groups in total. The number of hydrogen-bond donors (Lipinski definition) is 1. The lowest BCUT2D eigenvalue weighted by Crippen LogP contribution is -2.34. The van der Waals surface area contributed by atoms with E-state index in [1.165, 1.54) is 5.56 Å². The summed E-state index contributed by atoms with van der Waals surface area (Å²) in [7, 11) is -3.21. The summed E-state index contributed by atoms with van der Waals surface area (Å²) in [5.74, 6) is 0.0821. The van der Waals surface area contributed by atoms with Gasteiger partial charge >= 0.3 is 0 Å². The lowest BCUT2D eigenvalue weighted by Gasteiger charge is -2.22. The minimum absolute atomic E-state index is 0.0821. The Hall–Kier alpha value is -1.17. The maximum absolute atomic E-state index is 12.3. The summed E-state index contributed by atoms with van der Waals surface area (Å²) in [5.41, 5.74) is 2.02. The average Bonchev–Trinajstić information content (AvgIpc) is 2.47. The van der Waals surface area contributed by atoms with Gasteiger partial charge in [0, 0.05) is 25.7 Å². The fraction of sp³-hybridized carbons (Fsp3) is 0.500. The van der Waals surface area contributed by atoms with Crippen molar-refractivity contribution in [3.8, 4) is 0 Å². The van der Waals surface area contributed by atoms with Crippen LogP contribution in [0.25, 0.3) is 0 Å². The second kappa shape index (κ2) is 7.20. The molecular formula is C16H24N2O2S. The first-order valence-corrected chi connectivity index (χ1v) is 9.02. The standard InChI is InChI=1S/C16H24N2O2S/c1-14(2)17-12-15-6-8-16(9-7-15)13-21(19,20)18-10-4-3-5-11-18/h3-4,6-9,14,17H,5,10-13H2,1-2H3. The zero-order chi connectivity index (χ0) is 15.3. The van der Waals surface area contributed by atoms with Gasteiger partial charge in [0.2, 0.25) is 10.0 Å². The number of nitrogens with one attached hydrogen (secondary N) is 1. The van der Waals surface area contributed by atoms with Gasteiger partial charge < -0.3 is 5.32 Å². The van der Waals surface area contributed by atoms with E-state index >= 15 is 0 Å². The van der Waals surface area contributed by atoms with Crippen LogP contribution in [0.4, 0.5) is 0 Å². The van der Waals surface area contributed by atoms with Crippen LogP contribution >= 0.6 is 0 Å². The second-order valence-electron chi connectivity index (χ2n) is 5.73. The van der Waals surface area contributed by atoms with Gasteiger partial charge in [-0.2, -0.15) is 4.31 Å². The summed E-state index contributed by atoms with van der Waals surface area (Å²) in [6.45, 7) is 6.11. The van der Waals surface area contributed by atoms with Crippen molar-refractivity contribution in [2.24, 2.45) is 0 Å². The maximum atomic E-state index is 12.3. The van der Waals surface area contributed by atoms with E-state index in [1.807, 2.05) is 36.4 Å². The number of nitrogens with zero attached hydrogens (tertiary/aromatic N) is 1. The molecule has 0 unspecified atom stereocenters. The summed E-state index contributed by atoms with van der Waals surface area (Å²) in [4.78, 5) is 0. The molecule has 5 heteroatoms. The van der Waals surface area contributed by atoms with Crippen molar-refractivity contribution in [3.05, 3.63) is 47.5 Å². The Morgan fingerprint density at radius 2 is 1.81 bits per heavy atom. The molecule has 21 heavy (non-hydrogen) atoms. The van der Waals surface area contributed by atoms with Crippen LogP contribution in [0, 0.1) is 0 Å². The molecular weight excluding hydrogens is 284 g/mol. The minimum atomic E-state index is -3.21. The molecule has 0 saturated heterocycles. The Labute approximate surface area is 127 Å². The highest BCUT2D eigenvalue weighted by molar-refractivity contribution is 7.88. The molecule has 0 fully saturated rings. The fourth-order valence-corrected chi connectivity index (χ4v) is 3.74. The van der Waals surface area contributed by atoms with E-state index in [1.54, 1.807) is 4.31 Å². The van der Waals surface area contributed by atoms with Gasteiger partial charge in [0.15, 0.2) is 0 Å². The van der Waals surface area contributed by atoms with Crippen molar-refractivity contribution in [3.63, 3.8) is 0 Å². The number of benzene rings is 1. The molecule has 2 rings (SSSR count). The number of sulfonamides is 1. The van der Waals surface area contributed by atoms with Gasteiger partial charge in [0.25, 0.3) is 0 Å². The summed E-state index contributed by atoms with van der Waals surface area (Å²) < 4.78 is 26.2. The molecule has 0 radical (unpaired) electrons. The van der Waals surface area contributed by atoms with Crippen LogP contribution < -0.4 is 5.32 Å². The largest absolute Gasteiger partial charge is 0.310 e. The third kappa shape index (κ3) is 4.95. The Morgan fingerprint density at radius 3 is 2.38 bits per heavy atom. The zero-order valence-corrected chi connectivity index (χ0v) is 13.6. The molecule has 0 amide bonds. The van der Waals surface area contributed by atoms with E-state index in [9.17, 15) is 8.42 Å². The quantitative estimate of drug-likeness (QED) is 0.820. The van der Waals surface area contributed by atoms with Crippen molar-refractivity contribution in [2.45, 2.75) is 38.6 Å². The monoisotopic (exact) mass is 308 g/mol. The van der Waals surface area contributed by atoms with Crippen molar-refractivity contribution in [1.29, 1.82) is 0 Å². The molecule has 116 valence electrons. The van der Waals surface area contributed by atoms with Gasteiger partial charge in [-0.15, -0.1) is 0 Å². The van der Waals surface area contributed by atoms with Gasteiger partial charge in [-0.25, -0.2) is 8.42 Å². The van der Waals surface area contributed by atoms with E-state index in [-0.39, 0.29) is 5.75 Å². The van der Waals surface area contributed by atoms with E-state index in [0.29, 0.717) is 19.1 Å². The first-order chi connectivity index (χ1) is 9.97. The fourth-order valence-electron chi connectivity index (χ4n) is 2.25. The zero-order valence-electron chi connectivity index (χ0n) is 12.7. The minimum Gasteiger partial charge on any atom is -0.310 e. The van der Waals surface area contributed by atoms with Crippen LogP contribution in [0.3, 0.4) is 0 Å². The Bertz CT molecular complexity index is 577. The summed E-state index contributed by atoms with van der Waals surface area (Å²) in [5, 5.41) is 3.35. The molecule has 1 aliphatic rings. The molecule has 0 bridgehead atoms. The molecule has 0 aliphatic carbocycles. The summed E-state index contributed by atoms with van der Waals surface area (Å²) in [6, 6.07) is 8.26. The number of rotatable bonds is 6. The third-order valence-corrected chi connectivity index (χ3v) is 5.32. The molecule has 1 aromatic carbocycles. The van der Waals surface area contributed by atoms with E-state index < -0.39 is 10.0 Å². The van der Waals surface area contributed by atoms with Crippen LogP contribution in [-0.2, 0) is 22.3 Å². The van der Waals surface area contributed by atoms with Gasteiger partial charge in [-0.3, -0.25) is 0 Å². The van der Waals surface area contributed by atoms with E-state index in [0.717, 1.165) is 18.5 Å². The lowest BCUT2D eigenvalue weighted by atomic mass is 10.1. The first-order valence-electron chi connectivity index (χ1n) is 7.41. The molecule has 0 spiro atoms. The molecule has 1 heterocycles. The van der Waals surface area contributed by atoms with Crippen LogP contribution in [0.1, 0.15) is 31.4 Å². The SMILES string of the molecule is CC(C)NCc1ccc(CS(=O)(=O)N2CC=CCC2)cc1. The average molecular weight is 308 g/mol. The Morgan fingerprint density at radius 1 is 1.14 bits per heavy atom. The molecule has 0 saturated carbocycles. The van der Waals surface area contributed by atoms with E-state index in [4.69, 9.17) is 0 Å². The van der Waals surface area contributed by atoms with Crippen LogP contribution in [-0.4, -0.2) is 31.9 Å². The predicted octanol–water partition coefficient (Wildman–Crippen LogP) is 2.28. The Kier molecular flexibility index (Phi) is 5.56. The molecule has 1 aromatic rings. The van der Waals surface area contributed by atoms with Crippen LogP contribution in [0.15, 0.2) is 36.4 Å². The Balaban J connectivity index is 1.97. The predicted molar refractivity (Wildman–Crippen MR) is 86.4 cm³/mol. The summed E-state index contributed by atoms with van der Waals surface area (Å²) in [6.07, 6.45) is 4.75. The van der Waals surface area contributed by atoms with E-state index in [2.05, 4.69) is 19.2 Å². The van der Waals surface area contributed by atoms with Crippen molar-refractivity contribution >= 4 is 10.0 Å². The van der Waals surface area contributed by atoms with Gasteiger partial charge in [-0.1, -0.05) is 50.3 Å². The smallest absolute Gasteiger partial charge is 0.218 e. The van der Waals surface area contributed by atoms with Crippen LogP contribution in [0.2, 0.25) is 0 Å². The van der Waals surface area contributed by atoms with Crippen molar-refractivity contribution in [1.82, 2.24) is 9.62 Å². The molecule has 0 atom stereocenters. The first kappa shape index (κ1) is 16.2. The second-order valence-corrected chi connectivity index (χ2v) is 7.70. The molecule has 1 aliphatic heterocycles. The molecule has 0 aromatic heterocycles. The van der Waals surface area contributed by atoms with Gasteiger partial charge in [0.1, 0.15) is 0 Å². The van der Waals surface area contributed by atoms with Gasteiger partial charge in [0.05, 0.1) is 5.75 Å². The normalized spacial score (nSPS) is 16.5. The maximum Gasteiger partial charge on any atom is 0.218 e. The highest BCUT2D eigenvalue weighted by atomic mass is 32.2. The van der Waals surface area contributed by atoms with Gasteiger partial charge in [-0.05, 0) is 17.5 Å². The topological polar surface area (TPSA) is 49.4 Å². The lowest BCUT2D eigenvalue weighted by molar-refractivity contribution is 0.437. The highest BCUT2D eigenvalue weighted by Gasteiger charge is 2.22. The van der Waals surface area contributed by atoms with Crippen molar-refractivity contribution < 1.29 is 8.42 Å². The van der Waals surface area contributed by atoms with Crippen molar-refractivity contribution in [2.75, 3.05) is 13.1 Å². The number of hydrogen-bond acceptors (Lipinski definition) is 3. The highest BCUT2D eigenvalue weighted by Crippen LogP contribution is 2.14. The van der Waals surface area contributed by atoms with Crippen LogP contribution in [0.5, 0.6) is 0 Å². The summed E-state index contributed by atoms with van der Waals surface area (Å²) >= 11 is 0.